The highest BCUT2D eigenvalue weighted by molar-refractivity contribution is 6.04. The third-order valence-corrected chi connectivity index (χ3v) is 5.05. The highest BCUT2D eigenvalue weighted by Crippen LogP contribution is 2.24. The molecule has 0 bridgehead atoms. The van der Waals surface area contributed by atoms with Crippen molar-refractivity contribution in [2.45, 2.75) is 20.8 Å². The topological polar surface area (TPSA) is 91.2 Å². The summed E-state index contributed by atoms with van der Waals surface area (Å²) in [6.45, 7) is 5.69. The molecule has 0 aliphatic carbocycles. The molecule has 4 aromatic rings. The van der Waals surface area contributed by atoms with Crippen LogP contribution in [0.2, 0.25) is 0 Å². The van der Waals surface area contributed by atoms with Gasteiger partial charge in [0.2, 0.25) is 5.88 Å². The summed E-state index contributed by atoms with van der Waals surface area (Å²) in [5, 5.41) is 2.72. The molecule has 0 fully saturated rings. The van der Waals surface area contributed by atoms with E-state index in [4.69, 9.17) is 9.47 Å². The second kappa shape index (κ2) is 9.07. The molecule has 0 atom stereocenters. The third kappa shape index (κ3) is 4.82. The Labute approximate surface area is 190 Å². The second-order valence-electron chi connectivity index (χ2n) is 7.33. The molecule has 8 nitrogen and oxygen atoms in total. The van der Waals surface area contributed by atoms with Gasteiger partial charge in [0, 0.05) is 23.0 Å². The number of aromatic nitrogens is 4. The summed E-state index contributed by atoms with van der Waals surface area (Å²) < 4.78 is 26.5. The second-order valence-corrected chi connectivity index (χ2v) is 7.33. The Hall–Kier alpha value is -4.27. The normalized spacial score (nSPS) is 10.7. The van der Waals surface area contributed by atoms with Crippen molar-refractivity contribution in [2.24, 2.45) is 0 Å². The summed E-state index contributed by atoms with van der Waals surface area (Å²) in [6.07, 6.45) is 1.71. The van der Waals surface area contributed by atoms with Crippen LogP contribution in [0, 0.1) is 26.6 Å². The molecule has 1 N–H and O–H groups in total. The fourth-order valence-electron chi connectivity index (χ4n) is 3.17. The first-order chi connectivity index (χ1) is 15.8. The van der Waals surface area contributed by atoms with E-state index in [1.165, 1.54) is 19.2 Å². The van der Waals surface area contributed by atoms with Crippen molar-refractivity contribution in [3.05, 3.63) is 83.5 Å². The van der Waals surface area contributed by atoms with Crippen LogP contribution >= 0.6 is 0 Å². The number of aryl methyl sites for hydroxylation is 2. The average Bonchev–Trinajstić information content (AvgIpc) is 3.13. The number of hydrogen-bond donors (Lipinski definition) is 1. The quantitative estimate of drug-likeness (QED) is 0.457. The molecular weight excluding hydrogens is 425 g/mol. The summed E-state index contributed by atoms with van der Waals surface area (Å²) in [4.78, 5) is 25.5. The van der Waals surface area contributed by atoms with Gasteiger partial charge in [0.15, 0.2) is 11.6 Å². The number of carbonyl (C=O) groups is 1. The predicted octanol–water partition coefficient (Wildman–Crippen LogP) is 4.78. The molecule has 168 valence electrons. The molecule has 0 spiro atoms. The molecule has 4 rings (SSSR count). The van der Waals surface area contributed by atoms with Gasteiger partial charge in [0.1, 0.15) is 23.7 Å². The van der Waals surface area contributed by atoms with Crippen molar-refractivity contribution in [2.75, 3.05) is 12.4 Å². The number of methoxy groups -OCH3 is 1. The minimum atomic E-state index is -0.602. The number of imidazole rings is 1. The van der Waals surface area contributed by atoms with Gasteiger partial charge in [-0.3, -0.25) is 9.36 Å². The number of hydrogen-bond acceptors (Lipinski definition) is 6. The number of benzene rings is 2. The molecule has 0 aliphatic heterocycles. The lowest BCUT2D eigenvalue weighted by atomic mass is 10.2. The van der Waals surface area contributed by atoms with Crippen molar-refractivity contribution in [3.8, 4) is 23.2 Å². The van der Waals surface area contributed by atoms with Crippen molar-refractivity contribution in [1.29, 1.82) is 0 Å². The van der Waals surface area contributed by atoms with E-state index in [-0.39, 0.29) is 11.3 Å². The molecule has 0 aliphatic rings. The van der Waals surface area contributed by atoms with Gasteiger partial charge in [0.25, 0.3) is 5.91 Å². The molecule has 0 radical (unpaired) electrons. The Balaban J connectivity index is 1.47. The lowest BCUT2D eigenvalue weighted by Crippen LogP contribution is -2.12. The Morgan fingerprint density at radius 3 is 2.42 bits per heavy atom. The van der Waals surface area contributed by atoms with Crippen LogP contribution in [0.25, 0.3) is 5.82 Å². The minimum Gasteiger partial charge on any atom is -0.494 e. The van der Waals surface area contributed by atoms with Crippen molar-refractivity contribution >= 4 is 11.6 Å². The molecule has 0 saturated heterocycles. The summed E-state index contributed by atoms with van der Waals surface area (Å²) in [6, 6.07) is 12.5. The van der Waals surface area contributed by atoms with Crippen LogP contribution in [-0.4, -0.2) is 32.5 Å². The first kappa shape index (κ1) is 21.9. The van der Waals surface area contributed by atoms with E-state index in [1.807, 2.05) is 18.4 Å². The number of carbonyl (C=O) groups excluding carboxylic acids is 1. The van der Waals surface area contributed by atoms with Gasteiger partial charge in [-0.15, -0.1) is 0 Å². The zero-order valence-electron chi connectivity index (χ0n) is 18.6. The lowest BCUT2D eigenvalue weighted by Gasteiger charge is -2.10. The smallest absolute Gasteiger partial charge is 0.255 e. The monoisotopic (exact) mass is 447 g/mol. The highest BCUT2D eigenvalue weighted by Gasteiger charge is 2.12. The van der Waals surface area contributed by atoms with Crippen LogP contribution in [0.4, 0.5) is 10.1 Å². The van der Waals surface area contributed by atoms with E-state index in [1.54, 1.807) is 43.6 Å². The fourth-order valence-corrected chi connectivity index (χ4v) is 3.17. The lowest BCUT2D eigenvalue weighted by molar-refractivity contribution is 0.102. The Morgan fingerprint density at radius 1 is 1.03 bits per heavy atom. The largest absolute Gasteiger partial charge is 0.494 e. The van der Waals surface area contributed by atoms with Crippen molar-refractivity contribution in [1.82, 2.24) is 19.5 Å². The summed E-state index contributed by atoms with van der Waals surface area (Å²) >= 11 is 0. The molecule has 0 saturated carbocycles. The first-order valence-corrected chi connectivity index (χ1v) is 10.1. The Bertz CT molecular complexity index is 1320. The van der Waals surface area contributed by atoms with Crippen LogP contribution in [-0.2, 0) is 0 Å². The standard InChI is InChI=1S/C24H22FN5O3/c1-14-15(2)30(13-26-14)22-12-23(28-16(3)27-22)33-19-8-6-18(7-9-19)29-24(31)17-5-10-21(32-4)20(25)11-17/h5-13H,1-4H3,(H,29,31). The predicted molar refractivity (Wildman–Crippen MR) is 121 cm³/mol. The van der Waals surface area contributed by atoms with E-state index < -0.39 is 11.7 Å². The van der Waals surface area contributed by atoms with Crippen molar-refractivity contribution < 1.29 is 18.7 Å². The number of rotatable bonds is 6. The van der Waals surface area contributed by atoms with Gasteiger partial charge in [-0.05, 0) is 63.2 Å². The van der Waals surface area contributed by atoms with Crippen LogP contribution in [0.3, 0.4) is 0 Å². The average molecular weight is 447 g/mol. The fraction of sp³-hybridized carbons (Fsp3) is 0.167. The first-order valence-electron chi connectivity index (χ1n) is 10.1. The van der Waals surface area contributed by atoms with Gasteiger partial charge in [-0.25, -0.2) is 14.4 Å². The number of ether oxygens (including phenoxy) is 2. The number of nitrogens with zero attached hydrogens (tertiary/aromatic N) is 4. The number of halogens is 1. The zero-order chi connectivity index (χ0) is 23.5. The van der Waals surface area contributed by atoms with Gasteiger partial charge >= 0.3 is 0 Å². The van der Waals surface area contributed by atoms with E-state index in [0.717, 1.165) is 17.5 Å². The highest BCUT2D eigenvalue weighted by atomic mass is 19.1. The Kier molecular flexibility index (Phi) is 6.03. The molecular formula is C24H22FN5O3. The van der Waals surface area contributed by atoms with Gasteiger partial charge in [-0.2, -0.15) is 4.98 Å². The van der Waals surface area contributed by atoms with Gasteiger partial charge in [-0.1, -0.05) is 0 Å². The van der Waals surface area contributed by atoms with Gasteiger partial charge < -0.3 is 14.8 Å². The molecule has 2 aromatic carbocycles. The molecule has 33 heavy (non-hydrogen) atoms. The summed E-state index contributed by atoms with van der Waals surface area (Å²) in [5.74, 6) is 1.17. The van der Waals surface area contributed by atoms with Crippen LogP contribution in [0.5, 0.6) is 17.4 Å². The number of anilines is 1. The van der Waals surface area contributed by atoms with E-state index in [2.05, 4.69) is 20.3 Å². The van der Waals surface area contributed by atoms with E-state index in [0.29, 0.717) is 29.0 Å². The number of nitrogens with one attached hydrogen (secondary N) is 1. The SMILES string of the molecule is COc1ccc(C(=O)Nc2ccc(Oc3cc(-n4cnc(C)c4C)nc(C)n3)cc2)cc1F. The van der Waals surface area contributed by atoms with Crippen LogP contribution < -0.4 is 14.8 Å². The molecule has 2 heterocycles. The van der Waals surface area contributed by atoms with Crippen molar-refractivity contribution in [3.63, 3.8) is 0 Å². The molecule has 2 aromatic heterocycles. The maximum Gasteiger partial charge on any atom is 0.255 e. The molecule has 0 unspecified atom stereocenters. The number of amides is 1. The summed E-state index contributed by atoms with van der Waals surface area (Å²) in [5.41, 5.74) is 2.62. The maximum atomic E-state index is 13.9. The van der Waals surface area contributed by atoms with E-state index >= 15 is 0 Å². The minimum absolute atomic E-state index is 0.0782. The summed E-state index contributed by atoms with van der Waals surface area (Å²) in [7, 11) is 1.37. The zero-order valence-corrected chi connectivity index (χ0v) is 18.6. The van der Waals surface area contributed by atoms with Gasteiger partial charge in [0.05, 0.1) is 12.8 Å². The van der Waals surface area contributed by atoms with Crippen LogP contribution in [0.15, 0.2) is 54.9 Å². The maximum absolute atomic E-state index is 13.9. The molecule has 9 heteroatoms. The van der Waals surface area contributed by atoms with Crippen LogP contribution in [0.1, 0.15) is 27.6 Å². The Morgan fingerprint density at radius 2 is 1.79 bits per heavy atom. The van der Waals surface area contributed by atoms with E-state index in [9.17, 15) is 9.18 Å². The third-order valence-electron chi connectivity index (χ3n) is 5.05. The molecule has 1 amide bonds.